The Bertz CT molecular complexity index is 453. The third-order valence-electron chi connectivity index (χ3n) is 2.77. The normalized spacial score (nSPS) is 12.6. The second-order valence-corrected chi connectivity index (χ2v) is 4.85. The highest BCUT2D eigenvalue weighted by atomic mass is 32.1. The van der Waals surface area contributed by atoms with E-state index >= 15 is 0 Å². The molecule has 0 aliphatic rings. The van der Waals surface area contributed by atoms with Crippen molar-refractivity contribution in [3.8, 4) is 0 Å². The van der Waals surface area contributed by atoms with Gasteiger partial charge in [0.25, 0.3) is 0 Å². The summed E-state index contributed by atoms with van der Waals surface area (Å²) in [5, 5.41) is 7.22. The lowest BCUT2D eigenvalue weighted by molar-refractivity contribution is 0.700. The fraction of sp³-hybridized carbons (Fsp3) is 0.385. The summed E-state index contributed by atoms with van der Waals surface area (Å²) in [7, 11) is 1.97. The van der Waals surface area contributed by atoms with Crippen molar-refractivity contribution in [1.82, 2.24) is 14.9 Å². The van der Waals surface area contributed by atoms with Gasteiger partial charge in [-0.15, -0.1) is 5.10 Å². The van der Waals surface area contributed by atoms with Gasteiger partial charge in [-0.2, -0.15) is 0 Å². The van der Waals surface area contributed by atoms with E-state index in [0.717, 1.165) is 11.3 Å². The lowest BCUT2D eigenvalue weighted by Gasteiger charge is -2.15. The SMILES string of the molecule is CCCc1cccc(C(NC)c2cnns2)c1. The first-order chi connectivity index (χ1) is 8.35. The van der Waals surface area contributed by atoms with Gasteiger partial charge in [-0.3, -0.25) is 0 Å². The lowest BCUT2D eigenvalue weighted by Crippen LogP contribution is -2.16. The molecule has 3 nitrogen and oxygen atoms in total. The molecule has 4 heteroatoms. The Kier molecular flexibility index (Phi) is 4.23. The Labute approximate surface area is 106 Å². The summed E-state index contributed by atoms with van der Waals surface area (Å²) in [6, 6.07) is 8.93. The van der Waals surface area contributed by atoms with Crippen LogP contribution in [0.3, 0.4) is 0 Å². The fourth-order valence-electron chi connectivity index (χ4n) is 1.99. The van der Waals surface area contributed by atoms with Gasteiger partial charge >= 0.3 is 0 Å². The largest absolute Gasteiger partial charge is 0.309 e. The van der Waals surface area contributed by atoms with Gasteiger partial charge in [0.1, 0.15) is 0 Å². The molecule has 0 radical (unpaired) electrons. The maximum Gasteiger partial charge on any atom is 0.0701 e. The van der Waals surface area contributed by atoms with Crippen molar-refractivity contribution in [1.29, 1.82) is 0 Å². The van der Waals surface area contributed by atoms with Crippen LogP contribution in [-0.2, 0) is 6.42 Å². The van der Waals surface area contributed by atoms with Crippen LogP contribution < -0.4 is 5.32 Å². The van der Waals surface area contributed by atoms with Gasteiger partial charge < -0.3 is 5.32 Å². The Hall–Kier alpha value is -1.26. The average molecular weight is 247 g/mol. The molecule has 2 aromatic rings. The van der Waals surface area contributed by atoms with Crippen molar-refractivity contribution >= 4 is 11.5 Å². The quantitative estimate of drug-likeness (QED) is 0.883. The smallest absolute Gasteiger partial charge is 0.0701 e. The second kappa shape index (κ2) is 5.89. The number of hydrogen-bond donors (Lipinski definition) is 1. The van der Waals surface area contributed by atoms with Crippen LogP contribution >= 0.6 is 11.5 Å². The Balaban J connectivity index is 2.28. The number of hydrogen-bond acceptors (Lipinski definition) is 4. The van der Waals surface area contributed by atoms with E-state index in [4.69, 9.17) is 0 Å². The maximum atomic E-state index is 3.93. The minimum Gasteiger partial charge on any atom is -0.309 e. The van der Waals surface area contributed by atoms with E-state index in [1.54, 1.807) is 0 Å². The van der Waals surface area contributed by atoms with Gasteiger partial charge in [0.05, 0.1) is 17.1 Å². The standard InChI is InChI=1S/C13H17N3S/c1-3-5-10-6-4-7-11(8-10)13(14-2)12-9-15-16-17-12/h4,6-9,13-14H,3,5H2,1-2H3. The molecule has 0 saturated heterocycles. The first-order valence-electron chi connectivity index (χ1n) is 5.88. The molecule has 1 aromatic carbocycles. The summed E-state index contributed by atoms with van der Waals surface area (Å²) >= 11 is 1.45. The third-order valence-corrected chi connectivity index (χ3v) is 3.50. The molecule has 0 spiro atoms. The van der Waals surface area contributed by atoms with Crippen molar-refractivity contribution in [3.63, 3.8) is 0 Å². The first-order valence-corrected chi connectivity index (χ1v) is 6.66. The first kappa shape index (κ1) is 12.2. The van der Waals surface area contributed by atoms with Crippen LogP contribution in [0, 0.1) is 0 Å². The molecule has 0 bridgehead atoms. The van der Waals surface area contributed by atoms with Gasteiger partial charge in [0.2, 0.25) is 0 Å². The van der Waals surface area contributed by atoms with E-state index in [-0.39, 0.29) is 6.04 Å². The molecule has 1 unspecified atom stereocenters. The lowest BCUT2D eigenvalue weighted by atomic mass is 10.0. The fourth-order valence-corrected chi connectivity index (χ4v) is 2.63. The number of nitrogens with one attached hydrogen (secondary N) is 1. The molecule has 0 aliphatic heterocycles. The van der Waals surface area contributed by atoms with E-state index < -0.39 is 0 Å². The minimum absolute atomic E-state index is 0.201. The maximum absolute atomic E-state index is 3.93. The van der Waals surface area contributed by atoms with Crippen molar-refractivity contribution in [2.24, 2.45) is 0 Å². The van der Waals surface area contributed by atoms with Crippen LogP contribution in [0.15, 0.2) is 30.5 Å². The highest BCUT2D eigenvalue weighted by Crippen LogP contribution is 2.24. The monoisotopic (exact) mass is 247 g/mol. The summed E-state index contributed by atoms with van der Waals surface area (Å²) in [4.78, 5) is 1.15. The Morgan fingerprint density at radius 3 is 2.94 bits per heavy atom. The minimum atomic E-state index is 0.201. The summed E-state index contributed by atoms with van der Waals surface area (Å²) in [5.74, 6) is 0. The molecule has 90 valence electrons. The van der Waals surface area contributed by atoms with Gasteiger partial charge in [0.15, 0.2) is 0 Å². The number of benzene rings is 1. The topological polar surface area (TPSA) is 37.8 Å². The predicted octanol–water partition coefficient (Wildman–Crippen LogP) is 2.80. The molecule has 1 N–H and O–H groups in total. The van der Waals surface area contributed by atoms with Gasteiger partial charge in [-0.25, -0.2) is 0 Å². The molecule has 2 rings (SSSR count). The number of aromatic nitrogens is 2. The Morgan fingerprint density at radius 1 is 1.41 bits per heavy atom. The van der Waals surface area contributed by atoms with Crippen LogP contribution in [-0.4, -0.2) is 16.6 Å². The zero-order chi connectivity index (χ0) is 12.1. The predicted molar refractivity (Wildman–Crippen MR) is 71.2 cm³/mol. The zero-order valence-corrected chi connectivity index (χ0v) is 11.0. The van der Waals surface area contributed by atoms with E-state index in [2.05, 4.69) is 46.1 Å². The van der Waals surface area contributed by atoms with Crippen molar-refractivity contribution in [2.75, 3.05) is 7.05 Å². The van der Waals surface area contributed by atoms with Gasteiger partial charge in [0, 0.05) is 0 Å². The van der Waals surface area contributed by atoms with Crippen molar-refractivity contribution in [3.05, 3.63) is 46.5 Å². The van der Waals surface area contributed by atoms with Crippen molar-refractivity contribution in [2.45, 2.75) is 25.8 Å². The summed E-state index contributed by atoms with van der Waals surface area (Å²) < 4.78 is 3.93. The molecule has 1 atom stereocenters. The van der Waals surface area contributed by atoms with E-state index in [1.165, 1.54) is 29.1 Å². The Morgan fingerprint density at radius 2 is 2.29 bits per heavy atom. The van der Waals surface area contributed by atoms with Crippen LogP contribution in [0.2, 0.25) is 0 Å². The average Bonchev–Trinajstić information content (AvgIpc) is 2.85. The van der Waals surface area contributed by atoms with Crippen LogP contribution in [0.1, 0.15) is 35.4 Å². The van der Waals surface area contributed by atoms with Gasteiger partial charge in [-0.1, -0.05) is 42.1 Å². The summed E-state index contributed by atoms with van der Waals surface area (Å²) in [6.07, 6.45) is 4.14. The zero-order valence-electron chi connectivity index (χ0n) is 10.2. The highest BCUT2D eigenvalue weighted by Gasteiger charge is 2.14. The third kappa shape index (κ3) is 2.90. The number of aryl methyl sites for hydroxylation is 1. The molecule has 0 aliphatic carbocycles. The molecule has 1 aromatic heterocycles. The number of nitrogens with zero attached hydrogens (tertiary/aromatic N) is 2. The van der Waals surface area contributed by atoms with E-state index in [1.807, 2.05) is 13.2 Å². The van der Waals surface area contributed by atoms with Crippen LogP contribution in [0.25, 0.3) is 0 Å². The van der Waals surface area contributed by atoms with Crippen molar-refractivity contribution < 1.29 is 0 Å². The molecule has 1 heterocycles. The summed E-state index contributed by atoms with van der Waals surface area (Å²) in [5.41, 5.74) is 2.67. The number of rotatable bonds is 5. The molecule has 17 heavy (non-hydrogen) atoms. The molecular formula is C13H17N3S. The molecule has 0 amide bonds. The summed E-state index contributed by atoms with van der Waals surface area (Å²) in [6.45, 7) is 2.20. The second-order valence-electron chi connectivity index (χ2n) is 4.04. The molecule has 0 fully saturated rings. The van der Waals surface area contributed by atoms with Gasteiger partial charge in [-0.05, 0) is 36.1 Å². The van der Waals surface area contributed by atoms with Crippen LogP contribution in [0.5, 0.6) is 0 Å². The highest BCUT2D eigenvalue weighted by molar-refractivity contribution is 7.05. The molecular weight excluding hydrogens is 230 g/mol. The molecule has 0 saturated carbocycles. The van der Waals surface area contributed by atoms with E-state index in [0.29, 0.717) is 0 Å². The van der Waals surface area contributed by atoms with Crippen LogP contribution in [0.4, 0.5) is 0 Å². The van der Waals surface area contributed by atoms with E-state index in [9.17, 15) is 0 Å².